The monoisotopic (exact) mass is 523 g/mol. The van der Waals surface area contributed by atoms with Crippen molar-refractivity contribution in [2.24, 2.45) is 0 Å². The third kappa shape index (κ3) is 5.50. The lowest BCUT2D eigenvalue weighted by molar-refractivity contribution is 0.0998. The average molecular weight is 524 g/mol. The second-order valence-electron chi connectivity index (χ2n) is 10.2. The van der Waals surface area contributed by atoms with Gasteiger partial charge in [0.25, 0.3) is 5.56 Å². The Morgan fingerprint density at radius 2 is 1.64 bits per heavy atom. The highest BCUT2D eigenvalue weighted by molar-refractivity contribution is 5.79. The highest BCUT2D eigenvalue weighted by Gasteiger charge is 2.32. The fourth-order valence-corrected chi connectivity index (χ4v) is 5.35. The van der Waals surface area contributed by atoms with Gasteiger partial charge in [-0.2, -0.15) is 0 Å². The molecule has 8 nitrogen and oxygen atoms in total. The van der Waals surface area contributed by atoms with Crippen molar-refractivity contribution in [2.45, 2.75) is 26.1 Å². The van der Waals surface area contributed by atoms with E-state index in [1.165, 1.54) is 17.7 Å². The number of H-pyrrole nitrogens is 1. The van der Waals surface area contributed by atoms with Crippen molar-refractivity contribution in [3.8, 4) is 0 Å². The summed E-state index contributed by atoms with van der Waals surface area (Å²) in [6, 6.07) is 24.3. The van der Waals surface area contributed by atoms with E-state index in [0.717, 1.165) is 54.8 Å². The second kappa shape index (κ2) is 10.9. The minimum Gasteiger partial charge on any atom is -0.322 e. The Morgan fingerprint density at radius 3 is 2.41 bits per heavy atom. The highest BCUT2D eigenvalue weighted by Crippen LogP contribution is 2.28. The highest BCUT2D eigenvalue weighted by atomic mass is 19.1. The summed E-state index contributed by atoms with van der Waals surface area (Å²) in [5.41, 5.74) is 4.53. The van der Waals surface area contributed by atoms with Crippen LogP contribution in [0.3, 0.4) is 0 Å². The molecule has 0 amide bonds. The lowest BCUT2D eigenvalue weighted by Crippen LogP contribution is -2.48. The standard InChI is InChI=1S/C30H30FN7O/c1-21-7-12-27-24(17-21)18-26(30(39)32-27)28(29-33-34-35-38(29)20-23-8-10-25(31)11-9-23)37-15-13-36(14-16-37)19-22-5-3-2-4-6-22/h2-12,17-18,28H,13-16,19-20H2,1H3,(H,32,39)/t28-/m0/s1. The van der Waals surface area contributed by atoms with Crippen LogP contribution in [-0.4, -0.2) is 61.2 Å². The van der Waals surface area contributed by atoms with Crippen molar-refractivity contribution in [1.82, 2.24) is 35.0 Å². The Labute approximate surface area is 225 Å². The average Bonchev–Trinajstić information content (AvgIpc) is 3.39. The van der Waals surface area contributed by atoms with Crippen LogP contribution in [0.4, 0.5) is 4.39 Å². The van der Waals surface area contributed by atoms with Gasteiger partial charge < -0.3 is 4.98 Å². The molecule has 1 aliphatic heterocycles. The third-order valence-corrected chi connectivity index (χ3v) is 7.39. The number of nitrogens with one attached hydrogen (secondary N) is 1. The first-order valence-corrected chi connectivity index (χ1v) is 13.2. The minimum absolute atomic E-state index is 0.153. The van der Waals surface area contributed by atoms with E-state index in [0.29, 0.717) is 17.9 Å². The quantitative estimate of drug-likeness (QED) is 0.348. The van der Waals surface area contributed by atoms with Crippen LogP contribution in [0.15, 0.2) is 83.7 Å². The summed E-state index contributed by atoms with van der Waals surface area (Å²) < 4.78 is 15.2. The number of nitrogens with zero attached hydrogens (tertiary/aromatic N) is 6. The predicted molar refractivity (Wildman–Crippen MR) is 148 cm³/mol. The number of piperazine rings is 1. The first-order chi connectivity index (χ1) is 19.0. The maximum atomic E-state index is 13.5. The molecule has 2 aromatic heterocycles. The van der Waals surface area contributed by atoms with Crippen LogP contribution in [0.1, 0.15) is 34.1 Å². The van der Waals surface area contributed by atoms with Crippen LogP contribution in [0.25, 0.3) is 10.9 Å². The molecule has 0 radical (unpaired) electrons. The number of halogens is 1. The molecule has 0 bridgehead atoms. The summed E-state index contributed by atoms with van der Waals surface area (Å²) in [6.07, 6.45) is 0. The van der Waals surface area contributed by atoms with E-state index in [2.05, 4.69) is 60.6 Å². The molecule has 3 heterocycles. The van der Waals surface area contributed by atoms with Gasteiger partial charge >= 0.3 is 0 Å². The Morgan fingerprint density at radius 1 is 0.897 bits per heavy atom. The van der Waals surface area contributed by atoms with Crippen LogP contribution >= 0.6 is 0 Å². The van der Waals surface area contributed by atoms with Gasteiger partial charge in [-0.1, -0.05) is 54.1 Å². The van der Waals surface area contributed by atoms with Gasteiger partial charge in [0.2, 0.25) is 0 Å². The summed E-state index contributed by atoms with van der Waals surface area (Å²) in [7, 11) is 0. The molecular formula is C30H30FN7O. The number of aromatic amines is 1. The Kier molecular flexibility index (Phi) is 7.00. The molecule has 1 atom stereocenters. The van der Waals surface area contributed by atoms with Crippen LogP contribution in [0.5, 0.6) is 0 Å². The molecule has 0 aliphatic carbocycles. The van der Waals surface area contributed by atoms with Gasteiger partial charge in [0.15, 0.2) is 5.82 Å². The summed E-state index contributed by atoms with van der Waals surface area (Å²) >= 11 is 0. The number of aryl methyl sites for hydroxylation is 1. The Balaban J connectivity index is 1.35. The van der Waals surface area contributed by atoms with Gasteiger partial charge in [0.1, 0.15) is 11.9 Å². The molecule has 5 aromatic rings. The first-order valence-electron chi connectivity index (χ1n) is 13.2. The summed E-state index contributed by atoms with van der Waals surface area (Å²) in [4.78, 5) is 21.3. The van der Waals surface area contributed by atoms with Gasteiger partial charge in [0.05, 0.1) is 6.54 Å². The normalized spacial score (nSPS) is 15.5. The van der Waals surface area contributed by atoms with E-state index >= 15 is 0 Å². The van der Waals surface area contributed by atoms with Crippen molar-refractivity contribution in [3.63, 3.8) is 0 Å². The van der Waals surface area contributed by atoms with Crippen molar-refractivity contribution in [2.75, 3.05) is 26.2 Å². The molecule has 0 saturated carbocycles. The van der Waals surface area contributed by atoms with E-state index in [1.54, 1.807) is 16.8 Å². The number of pyridine rings is 1. The van der Waals surface area contributed by atoms with Crippen molar-refractivity contribution in [3.05, 3.63) is 123 Å². The van der Waals surface area contributed by atoms with Crippen molar-refractivity contribution >= 4 is 10.9 Å². The minimum atomic E-state index is -0.437. The zero-order valence-corrected chi connectivity index (χ0v) is 21.8. The molecule has 3 aromatic carbocycles. The molecule has 0 spiro atoms. The van der Waals surface area contributed by atoms with Gasteiger partial charge in [-0.05, 0) is 64.2 Å². The smallest absolute Gasteiger partial charge is 0.253 e. The number of fused-ring (bicyclic) bond motifs is 1. The van der Waals surface area contributed by atoms with E-state index in [4.69, 9.17) is 0 Å². The van der Waals surface area contributed by atoms with E-state index in [1.807, 2.05) is 31.2 Å². The molecule has 1 N–H and O–H groups in total. The van der Waals surface area contributed by atoms with Gasteiger partial charge in [0, 0.05) is 43.8 Å². The van der Waals surface area contributed by atoms with Gasteiger partial charge in [-0.15, -0.1) is 5.10 Å². The summed E-state index contributed by atoms with van der Waals surface area (Å²) in [6.45, 7) is 6.52. The maximum Gasteiger partial charge on any atom is 0.253 e. The molecular weight excluding hydrogens is 493 g/mol. The first kappa shape index (κ1) is 25.1. The lowest BCUT2D eigenvalue weighted by atomic mass is 10.0. The lowest BCUT2D eigenvalue weighted by Gasteiger charge is -2.38. The van der Waals surface area contributed by atoms with Crippen LogP contribution in [0, 0.1) is 12.7 Å². The molecule has 0 unspecified atom stereocenters. The van der Waals surface area contributed by atoms with E-state index in [9.17, 15) is 9.18 Å². The Hall–Kier alpha value is -4.21. The molecule has 9 heteroatoms. The zero-order valence-electron chi connectivity index (χ0n) is 21.8. The topological polar surface area (TPSA) is 82.9 Å². The molecule has 1 saturated heterocycles. The second-order valence-corrected chi connectivity index (χ2v) is 10.2. The number of hydrogen-bond donors (Lipinski definition) is 1. The fourth-order valence-electron chi connectivity index (χ4n) is 5.35. The van der Waals surface area contributed by atoms with Crippen molar-refractivity contribution < 1.29 is 4.39 Å². The molecule has 1 fully saturated rings. The van der Waals surface area contributed by atoms with Crippen molar-refractivity contribution in [1.29, 1.82) is 0 Å². The number of rotatable bonds is 7. The van der Waals surface area contributed by atoms with Gasteiger partial charge in [-0.3, -0.25) is 14.6 Å². The zero-order chi connectivity index (χ0) is 26.8. The SMILES string of the molecule is Cc1ccc2[nH]c(=O)c([C@@H](c3nnnn3Cc3ccc(F)cc3)N3CCN(Cc4ccccc4)CC3)cc2c1. The number of hydrogen-bond acceptors (Lipinski definition) is 6. The molecule has 6 rings (SSSR count). The third-order valence-electron chi connectivity index (χ3n) is 7.39. The fraction of sp³-hybridized carbons (Fsp3) is 0.267. The number of aromatic nitrogens is 5. The van der Waals surface area contributed by atoms with Crippen LogP contribution < -0.4 is 5.56 Å². The summed E-state index contributed by atoms with van der Waals surface area (Å²) in [5, 5.41) is 13.7. The number of benzene rings is 3. The summed E-state index contributed by atoms with van der Waals surface area (Å²) in [5.74, 6) is 0.299. The molecule has 1 aliphatic rings. The van der Waals surface area contributed by atoms with E-state index < -0.39 is 6.04 Å². The maximum absolute atomic E-state index is 13.5. The molecule has 39 heavy (non-hydrogen) atoms. The van der Waals surface area contributed by atoms with E-state index in [-0.39, 0.29) is 11.4 Å². The van der Waals surface area contributed by atoms with Crippen LogP contribution in [0.2, 0.25) is 0 Å². The Bertz CT molecular complexity index is 1620. The number of tetrazole rings is 1. The largest absolute Gasteiger partial charge is 0.322 e. The predicted octanol–water partition coefficient (Wildman–Crippen LogP) is 3.92. The van der Waals surface area contributed by atoms with Crippen LogP contribution in [-0.2, 0) is 13.1 Å². The molecule has 198 valence electrons. The van der Waals surface area contributed by atoms with Gasteiger partial charge in [-0.25, -0.2) is 9.07 Å².